The number of aromatic amines is 1. The molecule has 2 nitrogen and oxygen atoms in total. The molecular weight excluding hydrogens is 210 g/mol. The second-order valence-electron chi connectivity index (χ2n) is 3.66. The molecule has 1 unspecified atom stereocenters. The van der Waals surface area contributed by atoms with Gasteiger partial charge in [0.1, 0.15) is 0 Å². The second-order valence-corrected chi connectivity index (χ2v) is 3.93. The van der Waals surface area contributed by atoms with E-state index in [1.54, 1.807) is 6.20 Å². The number of nitrogens with one attached hydrogen (secondary N) is 1. The Labute approximate surface area is 93.0 Å². The van der Waals surface area contributed by atoms with Crippen molar-refractivity contribution in [1.29, 1.82) is 0 Å². The fourth-order valence-corrected chi connectivity index (χ4v) is 1.86. The number of hydrogen-bond acceptors (Lipinski definition) is 1. The van der Waals surface area contributed by atoms with Crippen molar-refractivity contribution in [1.82, 2.24) is 4.98 Å². The molecule has 0 amide bonds. The van der Waals surface area contributed by atoms with Gasteiger partial charge in [-0.2, -0.15) is 0 Å². The normalized spacial score (nSPS) is 18.7. The first kappa shape index (κ1) is 10.2. The van der Waals surface area contributed by atoms with E-state index in [9.17, 15) is 4.79 Å². The predicted octanol–water partition coefficient (Wildman–Crippen LogP) is 1.20. The number of allylic oxidation sites excluding steroid dienone is 2. The Morgan fingerprint density at radius 3 is 3.13 bits per heavy atom. The molecule has 0 bridgehead atoms. The van der Waals surface area contributed by atoms with E-state index >= 15 is 0 Å². The molecule has 1 aromatic heterocycles. The smallest absolute Gasteiger partial charge is 0.179 e. The molecule has 1 atom stereocenters. The minimum absolute atomic E-state index is 0.0277. The first-order chi connectivity index (χ1) is 7.22. The molecule has 1 aromatic rings. The van der Waals surface area contributed by atoms with E-state index in [1.807, 2.05) is 12.2 Å². The molecule has 1 heterocycles. The third-order valence-electron chi connectivity index (χ3n) is 2.48. The van der Waals surface area contributed by atoms with Crippen LogP contribution in [0, 0.1) is 5.92 Å². The molecule has 1 aliphatic rings. The summed E-state index contributed by atoms with van der Waals surface area (Å²) >= 11 is 5.56. The van der Waals surface area contributed by atoms with Crippen LogP contribution in [0.1, 0.15) is 17.3 Å². The highest BCUT2D eigenvalue weighted by molar-refractivity contribution is 6.30. The second kappa shape index (κ2) is 4.07. The van der Waals surface area contributed by atoms with Gasteiger partial charge in [0, 0.05) is 22.3 Å². The standard InChI is InChI=1S/C12H12ClNO/c1-8-3-2-4-11-9(5-8)10(7-14-11)12(15)6-13/h2-5,7-8,14H,6H2,1H3. The van der Waals surface area contributed by atoms with E-state index in [4.69, 9.17) is 11.6 Å². The summed E-state index contributed by atoms with van der Waals surface area (Å²) in [6.07, 6.45) is 9.86. The zero-order chi connectivity index (χ0) is 10.8. The first-order valence-electron chi connectivity index (χ1n) is 4.89. The van der Waals surface area contributed by atoms with Gasteiger partial charge in [-0.15, -0.1) is 11.6 Å². The number of hydrogen-bond donors (Lipinski definition) is 1. The molecule has 3 heteroatoms. The number of carbonyl (C=O) groups excluding carboxylic acids is 1. The molecule has 1 N–H and O–H groups in total. The van der Waals surface area contributed by atoms with Crippen LogP contribution in [0.15, 0.2) is 18.3 Å². The van der Waals surface area contributed by atoms with Crippen LogP contribution in [0.2, 0.25) is 0 Å². The van der Waals surface area contributed by atoms with Crippen molar-refractivity contribution in [2.45, 2.75) is 6.92 Å². The number of alkyl halides is 1. The fraction of sp³-hybridized carbons (Fsp3) is 0.250. The van der Waals surface area contributed by atoms with Crippen LogP contribution < -0.4 is 10.6 Å². The summed E-state index contributed by atoms with van der Waals surface area (Å²) in [4.78, 5) is 14.6. The third-order valence-corrected chi connectivity index (χ3v) is 2.72. The summed E-state index contributed by atoms with van der Waals surface area (Å²) in [5.41, 5.74) is 0.687. The largest absolute Gasteiger partial charge is 0.360 e. The summed E-state index contributed by atoms with van der Waals surface area (Å²) < 4.78 is 0. The van der Waals surface area contributed by atoms with Crippen molar-refractivity contribution in [3.63, 3.8) is 0 Å². The summed E-state index contributed by atoms with van der Waals surface area (Å²) in [5, 5.41) is 1.95. The lowest BCUT2D eigenvalue weighted by Crippen LogP contribution is -2.27. The number of halogens is 1. The van der Waals surface area contributed by atoms with Crippen molar-refractivity contribution in [3.8, 4) is 0 Å². The van der Waals surface area contributed by atoms with Crippen LogP contribution in [-0.2, 0) is 0 Å². The number of fused-ring (bicyclic) bond motifs is 1. The lowest BCUT2D eigenvalue weighted by atomic mass is 10.1. The van der Waals surface area contributed by atoms with Crippen molar-refractivity contribution in [2.75, 3.05) is 5.88 Å². The van der Waals surface area contributed by atoms with Crippen LogP contribution >= 0.6 is 11.6 Å². The third kappa shape index (κ3) is 1.90. The zero-order valence-electron chi connectivity index (χ0n) is 8.46. The SMILES string of the molecule is CC1C=CC=c2[nH]cc(C(=O)CCl)c2=C1. The minimum Gasteiger partial charge on any atom is -0.360 e. The van der Waals surface area contributed by atoms with E-state index in [1.165, 1.54) is 0 Å². The Balaban J connectivity index is 2.66. The summed E-state index contributed by atoms with van der Waals surface area (Å²) in [5.74, 6) is 0.327. The number of rotatable bonds is 2. The predicted molar refractivity (Wildman–Crippen MR) is 62.3 cm³/mol. The molecule has 0 aliphatic heterocycles. The molecule has 0 saturated carbocycles. The van der Waals surface area contributed by atoms with Gasteiger partial charge >= 0.3 is 0 Å². The summed E-state index contributed by atoms with van der Waals surface area (Å²) in [6.45, 7) is 2.08. The highest BCUT2D eigenvalue weighted by Gasteiger charge is 2.09. The molecule has 0 saturated heterocycles. The van der Waals surface area contributed by atoms with Crippen molar-refractivity contribution in [2.24, 2.45) is 5.92 Å². The quantitative estimate of drug-likeness (QED) is 0.591. The monoisotopic (exact) mass is 221 g/mol. The lowest BCUT2D eigenvalue weighted by molar-refractivity contribution is 0.102. The maximum atomic E-state index is 11.6. The number of aromatic nitrogens is 1. The maximum Gasteiger partial charge on any atom is 0.179 e. The first-order valence-corrected chi connectivity index (χ1v) is 5.42. The Kier molecular flexibility index (Phi) is 2.78. The van der Waals surface area contributed by atoms with Crippen LogP contribution in [-0.4, -0.2) is 16.6 Å². The maximum absolute atomic E-state index is 11.6. The fourth-order valence-electron chi connectivity index (χ4n) is 1.72. The molecule has 0 spiro atoms. The van der Waals surface area contributed by atoms with Crippen LogP contribution in [0.3, 0.4) is 0 Å². The minimum atomic E-state index is -0.0343. The van der Waals surface area contributed by atoms with E-state index in [-0.39, 0.29) is 11.7 Å². The molecule has 0 aromatic carbocycles. The average Bonchev–Trinajstić information content (AvgIpc) is 2.52. The van der Waals surface area contributed by atoms with E-state index in [0.717, 1.165) is 10.6 Å². The summed E-state index contributed by atoms with van der Waals surface area (Å²) in [6, 6.07) is 0. The van der Waals surface area contributed by atoms with Gasteiger partial charge in [0.25, 0.3) is 0 Å². The number of ketones is 1. The van der Waals surface area contributed by atoms with E-state index in [2.05, 4.69) is 24.1 Å². The van der Waals surface area contributed by atoms with Gasteiger partial charge in [0.2, 0.25) is 0 Å². The van der Waals surface area contributed by atoms with E-state index < -0.39 is 0 Å². The average molecular weight is 222 g/mol. The molecular formula is C12H12ClNO. The van der Waals surface area contributed by atoms with Gasteiger partial charge in [-0.25, -0.2) is 0 Å². The van der Waals surface area contributed by atoms with Gasteiger partial charge in [-0.05, 0) is 12.0 Å². The summed E-state index contributed by atoms with van der Waals surface area (Å²) in [7, 11) is 0. The molecule has 15 heavy (non-hydrogen) atoms. The number of Topliss-reactive ketones (excluding diaryl/α,β-unsaturated/α-hetero) is 1. The van der Waals surface area contributed by atoms with E-state index in [0.29, 0.717) is 11.5 Å². The highest BCUT2D eigenvalue weighted by Crippen LogP contribution is 2.02. The van der Waals surface area contributed by atoms with Crippen molar-refractivity contribution < 1.29 is 4.79 Å². The highest BCUT2D eigenvalue weighted by atomic mass is 35.5. The van der Waals surface area contributed by atoms with Gasteiger partial charge in [-0.3, -0.25) is 4.79 Å². The zero-order valence-corrected chi connectivity index (χ0v) is 9.21. The van der Waals surface area contributed by atoms with Crippen molar-refractivity contribution >= 4 is 29.5 Å². The van der Waals surface area contributed by atoms with Gasteiger partial charge < -0.3 is 4.98 Å². The Hall–Kier alpha value is -1.28. The van der Waals surface area contributed by atoms with Crippen LogP contribution in [0.4, 0.5) is 0 Å². The van der Waals surface area contributed by atoms with Gasteiger partial charge in [0.15, 0.2) is 5.78 Å². The van der Waals surface area contributed by atoms with Crippen molar-refractivity contribution in [3.05, 3.63) is 34.5 Å². The molecule has 78 valence electrons. The van der Waals surface area contributed by atoms with Crippen LogP contribution in [0.5, 0.6) is 0 Å². The van der Waals surface area contributed by atoms with Gasteiger partial charge in [-0.1, -0.05) is 25.2 Å². The molecule has 2 rings (SSSR count). The Morgan fingerprint density at radius 1 is 1.60 bits per heavy atom. The lowest BCUT2D eigenvalue weighted by Gasteiger charge is -1.95. The Morgan fingerprint density at radius 2 is 2.40 bits per heavy atom. The molecule has 0 radical (unpaired) electrons. The molecule has 0 fully saturated rings. The Bertz CT molecular complexity index is 524. The van der Waals surface area contributed by atoms with Gasteiger partial charge in [0.05, 0.1) is 5.88 Å². The van der Waals surface area contributed by atoms with Crippen LogP contribution in [0.25, 0.3) is 12.2 Å². The molecule has 1 aliphatic carbocycles. The topological polar surface area (TPSA) is 32.9 Å². The number of H-pyrrole nitrogens is 1. The number of carbonyl (C=O) groups is 1.